The molecule has 1 aromatic carbocycles. The smallest absolute Gasteiger partial charge is 0.276 e. The summed E-state index contributed by atoms with van der Waals surface area (Å²) in [6, 6.07) is 13.9. The van der Waals surface area contributed by atoms with Gasteiger partial charge in [-0.25, -0.2) is 0 Å². The third-order valence-corrected chi connectivity index (χ3v) is 5.99. The van der Waals surface area contributed by atoms with Crippen LogP contribution in [0.1, 0.15) is 33.1 Å². The minimum Gasteiger partial charge on any atom is -0.355 e. The van der Waals surface area contributed by atoms with Crippen LogP contribution in [-0.2, 0) is 13.6 Å². The zero-order valence-electron chi connectivity index (χ0n) is 15.3. The molecule has 0 saturated heterocycles. The van der Waals surface area contributed by atoms with Gasteiger partial charge in [0.1, 0.15) is 0 Å². The number of aryl methyl sites for hydroxylation is 1. The Bertz CT molecular complexity index is 1130. The van der Waals surface area contributed by atoms with Gasteiger partial charge >= 0.3 is 0 Å². The highest BCUT2D eigenvalue weighted by molar-refractivity contribution is 7.13. The van der Waals surface area contributed by atoms with Gasteiger partial charge in [-0.2, -0.15) is 5.10 Å². The fourth-order valence-electron chi connectivity index (χ4n) is 3.74. The van der Waals surface area contributed by atoms with Crippen molar-refractivity contribution >= 4 is 17.2 Å². The van der Waals surface area contributed by atoms with Crippen molar-refractivity contribution in [2.75, 3.05) is 6.54 Å². The molecule has 0 spiro atoms. The van der Waals surface area contributed by atoms with Gasteiger partial charge in [0.05, 0.1) is 11.1 Å². The molecule has 0 N–H and O–H groups in total. The van der Waals surface area contributed by atoms with E-state index in [1.807, 2.05) is 54.0 Å². The second-order valence-corrected chi connectivity index (χ2v) is 7.89. The standard InChI is InChI=1S/C21H18N4O2S/c1-24-11-15(10-22-24)17-13-25(12-14-5-2-3-6-16(14)17)21(26)18-9-19(27-23-18)20-7-4-8-28-20/h2-11,17H,12-13H2,1H3. The zero-order valence-corrected chi connectivity index (χ0v) is 16.1. The summed E-state index contributed by atoms with van der Waals surface area (Å²) >= 11 is 1.56. The van der Waals surface area contributed by atoms with Crippen molar-refractivity contribution in [3.8, 4) is 10.6 Å². The van der Waals surface area contributed by atoms with E-state index in [0.29, 0.717) is 24.5 Å². The van der Waals surface area contributed by atoms with Crippen molar-refractivity contribution in [1.29, 1.82) is 0 Å². The Labute approximate surface area is 166 Å². The Morgan fingerprint density at radius 2 is 2.14 bits per heavy atom. The van der Waals surface area contributed by atoms with Crippen LogP contribution in [-0.4, -0.2) is 32.3 Å². The lowest BCUT2D eigenvalue weighted by atomic mass is 9.86. The summed E-state index contributed by atoms with van der Waals surface area (Å²) in [5.41, 5.74) is 3.84. The quantitative estimate of drug-likeness (QED) is 0.532. The third kappa shape index (κ3) is 2.93. The molecule has 3 aromatic heterocycles. The number of aromatic nitrogens is 3. The third-order valence-electron chi connectivity index (χ3n) is 5.10. The number of fused-ring (bicyclic) bond motifs is 1. The van der Waals surface area contributed by atoms with Gasteiger partial charge in [-0.1, -0.05) is 35.5 Å². The van der Waals surface area contributed by atoms with Gasteiger partial charge in [0, 0.05) is 38.3 Å². The highest BCUT2D eigenvalue weighted by atomic mass is 32.1. The first-order valence-electron chi connectivity index (χ1n) is 9.05. The number of hydrogen-bond acceptors (Lipinski definition) is 5. The van der Waals surface area contributed by atoms with E-state index in [2.05, 4.69) is 22.4 Å². The molecule has 28 heavy (non-hydrogen) atoms. The average molecular weight is 390 g/mol. The van der Waals surface area contributed by atoms with Crippen LogP contribution in [0.4, 0.5) is 0 Å². The summed E-state index contributed by atoms with van der Waals surface area (Å²) in [4.78, 5) is 16.0. The Morgan fingerprint density at radius 1 is 1.25 bits per heavy atom. The number of carbonyl (C=O) groups excluding carboxylic acids is 1. The van der Waals surface area contributed by atoms with Crippen LogP contribution in [0.2, 0.25) is 0 Å². The zero-order chi connectivity index (χ0) is 19.1. The van der Waals surface area contributed by atoms with E-state index in [4.69, 9.17) is 4.52 Å². The number of rotatable bonds is 3. The number of amides is 1. The molecule has 0 aliphatic carbocycles. The first kappa shape index (κ1) is 16.9. The molecular formula is C21H18N4O2S. The Hall–Kier alpha value is -3.19. The molecule has 140 valence electrons. The van der Waals surface area contributed by atoms with Crippen LogP contribution in [0.25, 0.3) is 10.6 Å². The minimum atomic E-state index is -0.116. The van der Waals surface area contributed by atoms with Gasteiger partial charge < -0.3 is 9.42 Å². The molecule has 1 aliphatic rings. The fourth-order valence-corrected chi connectivity index (χ4v) is 4.41. The van der Waals surface area contributed by atoms with Gasteiger partial charge in [0.15, 0.2) is 11.5 Å². The molecule has 5 rings (SSSR count). The van der Waals surface area contributed by atoms with Gasteiger partial charge in [-0.15, -0.1) is 11.3 Å². The van der Waals surface area contributed by atoms with Gasteiger partial charge in [-0.3, -0.25) is 9.48 Å². The summed E-state index contributed by atoms with van der Waals surface area (Å²) in [6.07, 6.45) is 3.89. The molecule has 0 bridgehead atoms. The second-order valence-electron chi connectivity index (χ2n) is 6.94. The lowest BCUT2D eigenvalue weighted by Gasteiger charge is -2.34. The topological polar surface area (TPSA) is 64.2 Å². The Morgan fingerprint density at radius 3 is 2.93 bits per heavy atom. The summed E-state index contributed by atoms with van der Waals surface area (Å²) in [5, 5.41) is 10.3. The van der Waals surface area contributed by atoms with Crippen LogP contribution in [0.15, 0.2) is 64.8 Å². The summed E-state index contributed by atoms with van der Waals surface area (Å²) in [6.45, 7) is 1.15. The first-order valence-corrected chi connectivity index (χ1v) is 9.93. The highest BCUT2D eigenvalue weighted by Crippen LogP contribution is 2.34. The van der Waals surface area contributed by atoms with Crippen LogP contribution >= 0.6 is 11.3 Å². The largest absolute Gasteiger partial charge is 0.355 e. The molecule has 4 aromatic rings. The molecule has 1 atom stereocenters. The van der Waals surface area contributed by atoms with Crippen molar-refractivity contribution in [2.45, 2.75) is 12.5 Å². The number of nitrogens with zero attached hydrogens (tertiary/aromatic N) is 4. The lowest BCUT2D eigenvalue weighted by Crippen LogP contribution is -2.38. The van der Waals surface area contributed by atoms with E-state index in [-0.39, 0.29) is 11.8 Å². The molecule has 1 unspecified atom stereocenters. The normalized spacial score (nSPS) is 16.2. The molecular weight excluding hydrogens is 372 g/mol. The molecule has 7 heteroatoms. The van der Waals surface area contributed by atoms with Crippen LogP contribution in [0, 0.1) is 0 Å². The van der Waals surface area contributed by atoms with E-state index in [0.717, 1.165) is 16.0 Å². The van der Waals surface area contributed by atoms with E-state index < -0.39 is 0 Å². The lowest BCUT2D eigenvalue weighted by molar-refractivity contribution is 0.0714. The molecule has 4 heterocycles. The second kappa shape index (κ2) is 6.76. The number of thiophene rings is 1. The predicted molar refractivity (Wildman–Crippen MR) is 106 cm³/mol. The molecule has 1 aliphatic heterocycles. The van der Waals surface area contributed by atoms with Crippen molar-refractivity contribution in [3.63, 3.8) is 0 Å². The number of benzene rings is 1. The summed E-state index contributed by atoms with van der Waals surface area (Å²) in [5.74, 6) is 0.598. The minimum absolute atomic E-state index is 0.0891. The van der Waals surface area contributed by atoms with Crippen molar-refractivity contribution in [3.05, 3.63) is 82.6 Å². The van der Waals surface area contributed by atoms with Crippen molar-refractivity contribution < 1.29 is 9.32 Å². The van der Waals surface area contributed by atoms with Crippen molar-refractivity contribution in [2.24, 2.45) is 7.05 Å². The highest BCUT2D eigenvalue weighted by Gasteiger charge is 2.31. The Balaban J connectivity index is 1.47. The number of hydrogen-bond donors (Lipinski definition) is 0. The van der Waals surface area contributed by atoms with E-state index in [1.165, 1.54) is 5.56 Å². The van der Waals surface area contributed by atoms with E-state index >= 15 is 0 Å². The summed E-state index contributed by atoms with van der Waals surface area (Å²) < 4.78 is 7.20. The van der Waals surface area contributed by atoms with Crippen LogP contribution in [0.3, 0.4) is 0 Å². The SMILES string of the molecule is Cn1cc(C2CN(C(=O)c3cc(-c4cccs4)on3)Cc3ccccc32)cn1. The molecule has 0 saturated carbocycles. The maximum absolute atomic E-state index is 13.2. The predicted octanol–water partition coefficient (Wildman–Crippen LogP) is 3.92. The van der Waals surface area contributed by atoms with Gasteiger partial charge in [0.2, 0.25) is 0 Å². The number of carbonyl (C=O) groups is 1. The van der Waals surface area contributed by atoms with Crippen molar-refractivity contribution in [1.82, 2.24) is 19.8 Å². The average Bonchev–Trinajstić information content (AvgIpc) is 3.47. The van der Waals surface area contributed by atoms with E-state index in [1.54, 1.807) is 22.1 Å². The maximum Gasteiger partial charge on any atom is 0.276 e. The maximum atomic E-state index is 13.2. The fraction of sp³-hybridized carbons (Fsp3) is 0.190. The summed E-state index contributed by atoms with van der Waals surface area (Å²) in [7, 11) is 1.91. The van der Waals surface area contributed by atoms with Crippen LogP contribution < -0.4 is 0 Å². The first-order chi connectivity index (χ1) is 13.7. The molecule has 1 amide bonds. The molecule has 6 nitrogen and oxygen atoms in total. The van der Waals surface area contributed by atoms with Crippen LogP contribution in [0.5, 0.6) is 0 Å². The van der Waals surface area contributed by atoms with Gasteiger partial charge in [0.25, 0.3) is 5.91 Å². The molecule has 0 radical (unpaired) electrons. The molecule has 0 fully saturated rings. The van der Waals surface area contributed by atoms with E-state index in [9.17, 15) is 4.79 Å². The van der Waals surface area contributed by atoms with Gasteiger partial charge in [-0.05, 0) is 28.1 Å². The monoisotopic (exact) mass is 390 g/mol. The Kier molecular flexibility index (Phi) is 4.09.